The van der Waals surface area contributed by atoms with Crippen LogP contribution in [0.2, 0.25) is 0 Å². The lowest BCUT2D eigenvalue weighted by atomic mass is 9.47. The summed E-state index contributed by atoms with van der Waals surface area (Å²) in [5, 5.41) is 0. The molecule has 0 aromatic carbocycles. The van der Waals surface area contributed by atoms with Gasteiger partial charge in [0.25, 0.3) is 0 Å². The van der Waals surface area contributed by atoms with Crippen molar-refractivity contribution in [3.8, 4) is 0 Å². The second kappa shape index (κ2) is 10.8. The Labute approximate surface area is 224 Å². The molecule has 0 aromatic heterocycles. The minimum Gasteiger partial charge on any atom is -0.461 e. The number of halogens is 1. The van der Waals surface area contributed by atoms with Crippen LogP contribution < -0.4 is 0 Å². The summed E-state index contributed by atoms with van der Waals surface area (Å²) in [5.74, 6) is 5.42. The quantitative estimate of drug-likeness (QED) is 0.171. The number of carbonyl (C=O) groups excluding carboxylic acids is 1. The first kappa shape index (κ1) is 27.7. The molecule has 4 aliphatic rings. The van der Waals surface area contributed by atoms with Gasteiger partial charge in [0.2, 0.25) is 0 Å². The Kier molecular flexibility index (Phi) is 8.57. The second-order valence-corrected chi connectivity index (χ2v) is 15.2. The summed E-state index contributed by atoms with van der Waals surface area (Å²) >= 11 is 3.54. The van der Waals surface area contributed by atoms with Crippen LogP contribution in [0, 0.1) is 52.3 Å². The van der Waals surface area contributed by atoms with Crippen LogP contribution in [0.25, 0.3) is 0 Å². The maximum Gasteiger partial charge on any atom is 0.320 e. The van der Waals surface area contributed by atoms with Gasteiger partial charge in [0.1, 0.15) is 10.9 Å². The second-order valence-electron chi connectivity index (χ2n) is 14.2. The average Bonchev–Trinajstić information content (AvgIpc) is 3.15. The van der Waals surface area contributed by atoms with Gasteiger partial charge in [-0.2, -0.15) is 0 Å². The van der Waals surface area contributed by atoms with E-state index in [-0.39, 0.29) is 22.8 Å². The van der Waals surface area contributed by atoms with E-state index in [4.69, 9.17) is 4.74 Å². The summed E-state index contributed by atoms with van der Waals surface area (Å²) in [6.45, 7) is 16.7. The van der Waals surface area contributed by atoms with E-state index in [1.54, 1.807) is 5.57 Å². The first-order valence-electron chi connectivity index (χ1n) is 15.0. The summed E-state index contributed by atoms with van der Waals surface area (Å²) < 4.78 is 5.99. The first-order valence-corrected chi connectivity index (χ1v) is 15.9. The molecule has 0 bridgehead atoms. The Bertz CT molecular complexity index is 786. The topological polar surface area (TPSA) is 26.3 Å². The molecule has 35 heavy (non-hydrogen) atoms. The van der Waals surface area contributed by atoms with Crippen LogP contribution in [-0.2, 0) is 9.53 Å². The third-order valence-corrected chi connectivity index (χ3v) is 12.8. The number of esters is 1. The van der Waals surface area contributed by atoms with Crippen molar-refractivity contribution in [1.29, 1.82) is 0 Å². The van der Waals surface area contributed by atoms with Crippen molar-refractivity contribution in [2.24, 2.45) is 52.3 Å². The SMILES string of the molecule is CC(C)CCC[C@@H](C)[C@H]1CC[C@@H]2[C@H]3CC=C4C[C@@H](OC(=O)[C@H](Br)C(C)C)CC[C@]4(C)[C@@H]3CC[C@@]21C. The van der Waals surface area contributed by atoms with Crippen LogP contribution in [0.5, 0.6) is 0 Å². The van der Waals surface area contributed by atoms with Gasteiger partial charge in [-0.15, -0.1) is 0 Å². The van der Waals surface area contributed by atoms with E-state index in [1.165, 1.54) is 57.8 Å². The van der Waals surface area contributed by atoms with Gasteiger partial charge < -0.3 is 4.74 Å². The van der Waals surface area contributed by atoms with Gasteiger partial charge in [0.15, 0.2) is 0 Å². The van der Waals surface area contributed by atoms with Crippen LogP contribution in [0.15, 0.2) is 11.6 Å². The van der Waals surface area contributed by atoms with Gasteiger partial charge >= 0.3 is 5.97 Å². The summed E-state index contributed by atoms with van der Waals surface area (Å²) in [6.07, 6.45) is 17.1. The number of alkyl halides is 1. The Morgan fingerprint density at radius 2 is 1.77 bits per heavy atom. The van der Waals surface area contributed by atoms with Gasteiger partial charge in [0, 0.05) is 6.42 Å². The molecule has 0 unspecified atom stereocenters. The van der Waals surface area contributed by atoms with E-state index in [0.717, 1.165) is 48.3 Å². The lowest BCUT2D eigenvalue weighted by molar-refractivity contribution is -0.151. The average molecular weight is 550 g/mol. The molecule has 3 fully saturated rings. The predicted octanol–water partition coefficient (Wildman–Crippen LogP) is 9.36. The van der Waals surface area contributed by atoms with Crippen LogP contribution in [0.4, 0.5) is 0 Å². The third kappa shape index (κ3) is 5.33. The zero-order valence-electron chi connectivity index (χ0n) is 23.7. The van der Waals surface area contributed by atoms with Crippen LogP contribution >= 0.6 is 15.9 Å². The van der Waals surface area contributed by atoms with E-state index in [2.05, 4.69) is 70.5 Å². The molecule has 0 N–H and O–H groups in total. The van der Waals surface area contributed by atoms with Crippen molar-refractivity contribution < 1.29 is 9.53 Å². The minimum absolute atomic E-state index is 0.0635. The number of hydrogen-bond acceptors (Lipinski definition) is 2. The van der Waals surface area contributed by atoms with E-state index in [1.807, 2.05) is 0 Å². The number of rotatable bonds is 8. The molecular weight excluding hydrogens is 496 g/mol. The summed E-state index contributed by atoms with van der Waals surface area (Å²) in [6, 6.07) is 0. The summed E-state index contributed by atoms with van der Waals surface area (Å²) in [5.41, 5.74) is 2.48. The molecule has 4 aliphatic carbocycles. The molecule has 0 amide bonds. The molecule has 0 heterocycles. The molecule has 0 radical (unpaired) electrons. The molecule has 200 valence electrons. The van der Waals surface area contributed by atoms with Crippen LogP contribution in [-0.4, -0.2) is 16.9 Å². The highest BCUT2D eigenvalue weighted by molar-refractivity contribution is 9.10. The summed E-state index contributed by atoms with van der Waals surface area (Å²) in [7, 11) is 0. The Balaban J connectivity index is 1.43. The molecular formula is C32H53BrO2. The van der Waals surface area contributed by atoms with Gasteiger partial charge in [-0.05, 0) is 97.2 Å². The third-order valence-electron chi connectivity index (χ3n) is 11.4. The Hall–Kier alpha value is -0.310. The van der Waals surface area contributed by atoms with Gasteiger partial charge in [-0.25, -0.2) is 0 Å². The largest absolute Gasteiger partial charge is 0.461 e. The Morgan fingerprint density at radius 1 is 1.03 bits per heavy atom. The molecule has 9 atom stereocenters. The minimum atomic E-state index is -0.195. The fourth-order valence-corrected chi connectivity index (χ4v) is 9.36. The zero-order chi connectivity index (χ0) is 25.5. The molecule has 4 rings (SSSR count). The van der Waals surface area contributed by atoms with Gasteiger partial charge in [0.05, 0.1) is 0 Å². The zero-order valence-corrected chi connectivity index (χ0v) is 25.3. The number of hydrogen-bond donors (Lipinski definition) is 0. The smallest absolute Gasteiger partial charge is 0.320 e. The molecule has 3 saturated carbocycles. The maximum absolute atomic E-state index is 12.6. The van der Waals surface area contributed by atoms with Crippen molar-refractivity contribution in [3.05, 3.63) is 11.6 Å². The monoisotopic (exact) mass is 548 g/mol. The first-order chi connectivity index (χ1) is 16.5. The molecule has 0 aliphatic heterocycles. The molecule has 3 heteroatoms. The summed E-state index contributed by atoms with van der Waals surface area (Å²) in [4.78, 5) is 12.4. The fraction of sp³-hybridized carbons (Fsp3) is 0.906. The lowest BCUT2D eigenvalue weighted by Gasteiger charge is -2.58. The fourth-order valence-electron chi connectivity index (χ4n) is 9.25. The molecule has 0 spiro atoms. The van der Waals surface area contributed by atoms with Crippen LogP contribution in [0.3, 0.4) is 0 Å². The standard InChI is InChI=1S/C32H53BrO2/c1-20(2)9-8-10-22(5)26-13-14-27-25-12-11-23-19-24(35-30(34)29(33)21(3)4)15-17-31(23,6)28(25)16-18-32(26,27)7/h11,20-22,24-29H,8-10,12-19H2,1-7H3/t22-,24+,25-,26-,27-,28-,29-,31+,32-/m1/s1. The number of ether oxygens (including phenoxy) is 1. The highest BCUT2D eigenvalue weighted by Crippen LogP contribution is 2.67. The van der Waals surface area contributed by atoms with Gasteiger partial charge in [-0.3, -0.25) is 4.79 Å². The van der Waals surface area contributed by atoms with Crippen LogP contribution in [0.1, 0.15) is 119 Å². The van der Waals surface area contributed by atoms with E-state index in [0.29, 0.717) is 10.8 Å². The lowest BCUT2D eigenvalue weighted by Crippen LogP contribution is -2.51. The van der Waals surface area contributed by atoms with Gasteiger partial charge in [-0.1, -0.05) is 95.3 Å². The predicted molar refractivity (Wildman–Crippen MR) is 150 cm³/mol. The van der Waals surface area contributed by atoms with Crippen molar-refractivity contribution in [2.75, 3.05) is 0 Å². The van der Waals surface area contributed by atoms with Crippen molar-refractivity contribution >= 4 is 21.9 Å². The highest BCUT2D eigenvalue weighted by atomic mass is 79.9. The molecule has 0 saturated heterocycles. The van der Waals surface area contributed by atoms with E-state index < -0.39 is 0 Å². The normalized spacial score (nSPS) is 40.5. The van der Waals surface area contributed by atoms with Crippen molar-refractivity contribution in [1.82, 2.24) is 0 Å². The molecule has 0 aromatic rings. The van der Waals surface area contributed by atoms with E-state index >= 15 is 0 Å². The molecule has 2 nitrogen and oxygen atoms in total. The number of allylic oxidation sites excluding steroid dienone is 1. The maximum atomic E-state index is 12.6. The highest BCUT2D eigenvalue weighted by Gasteiger charge is 2.59. The number of carbonyl (C=O) groups is 1. The number of fused-ring (bicyclic) bond motifs is 5. The van der Waals surface area contributed by atoms with E-state index in [9.17, 15) is 4.79 Å². The van der Waals surface area contributed by atoms with Crippen molar-refractivity contribution in [2.45, 2.75) is 130 Å². The Morgan fingerprint density at radius 3 is 2.46 bits per heavy atom. The van der Waals surface area contributed by atoms with Crippen molar-refractivity contribution in [3.63, 3.8) is 0 Å².